The summed E-state index contributed by atoms with van der Waals surface area (Å²) < 4.78 is 14.2. The van der Waals surface area contributed by atoms with Crippen LogP contribution in [0.5, 0.6) is 0 Å². The van der Waals surface area contributed by atoms with Gasteiger partial charge in [-0.2, -0.15) is 0 Å². The number of hydrogen-bond donors (Lipinski definition) is 5. The molecule has 0 aliphatic carbocycles. The van der Waals surface area contributed by atoms with Crippen LogP contribution in [0, 0.1) is 0 Å². The second-order valence-electron chi connectivity index (χ2n) is 4.32. The first-order valence-corrected chi connectivity index (χ1v) is 6.85. The Hall–Kier alpha value is -1.79. The average Bonchev–Trinajstić information content (AvgIpc) is 2.49. The van der Waals surface area contributed by atoms with Gasteiger partial charge in [0.2, 0.25) is 0 Å². The molecule has 0 fully saturated rings. The van der Waals surface area contributed by atoms with E-state index in [0.29, 0.717) is 26.4 Å². The van der Waals surface area contributed by atoms with Crippen molar-refractivity contribution in [2.75, 3.05) is 46.8 Å². The molecule has 0 aromatic carbocycles. The molecular weight excluding hydrogens is 332 g/mol. The normalized spacial score (nSPS) is 10.6. The first-order chi connectivity index (χ1) is 11.3. The maximum absolute atomic E-state index is 10.7. The largest absolute Gasteiger partial charge is 0.481 e. The molecule has 5 N–H and O–H groups in total. The van der Waals surface area contributed by atoms with Gasteiger partial charge in [-0.05, 0) is 0 Å². The maximum Gasteiger partial charge on any atom is 0.337 e. The van der Waals surface area contributed by atoms with Crippen molar-refractivity contribution in [1.82, 2.24) is 0 Å². The van der Waals surface area contributed by atoms with Crippen LogP contribution in [0.2, 0.25) is 0 Å². The SMILES string of the molecule is COC(CC(=O)O)(CC(=O)O)C(=O)O.OCCOCCOCCO. The van der Waals surface area contributed by atoms with Crippen molar-refractivity contribution in [2.24, 2.45) is 0 Å². The highest BCUT2D eigenvalue weighted by Crippen LogP contribution is 2.20. The summed E-state index contributed by atoms with van der Waals surface area (Å²) in [5.74, 6) is -4.48. The van der Waals surface area contributed by atoms with Gasteiger partial charge in [0.1, 0.15) is 0 Å². The molecule has 0 spiro atoms. The Bertz CT molecular complexity index is 345. The molecule has 0 bridgehead atoms. The fraction of sp³-hybridized carbons (Fsp3) is 0.769. The lowest BCUT2D eigenvalue weighted by atomic mass is 9.95. The van der Waals surface area contributed by atoms with Gasteiger partial charge in [0.15, 0.2) is 5.60 Å². The van der Waals surface area contributed by atoms with Crippen molar-refractivity contribution < 1.29 is 54.1 Å². The number of ether oxygens (including phenoxy) is 3. The summed E-state index contributed by atoms with van der Waals surface area (Å²) in [6.45, 7) is 1.73. The number of carbonyl (C=O) groups is 3. The summed E-state index contributed by atoms with van der Waals surface area (Å²) in [4.78, 5) is 31.3. The summed E-state index contributed by atoms with van der Waals surface area (Å²) in [6.07, 6.45) is -1.80. The number of carboxylic acids is 3. The third kappa shape index (κ3) is 12.7. The number of methoxy groups -OCH3 is 1. The van der Waals surface area contributed by atoms with E-state index in [0.717, 1.165) is 7.11 Å². The average molecular weight is 356 g/mol. The molecule has 0 aromatic rings. The predicted octanol–water partition coefficient (Wildman–Crippen LogP) is -1.59. The van der Waals surface area contributed by atoms with Gasteiger partial charge >= 0.3 is 17.9 Å². The van der Waals surface area contributed by atoms with Crippen LogP contribution in [-0.4, -0.2) is 95.8 Å². The van der Waals surface area contributed by atoms with Crippen LogP contribution in [-0.2, 0) is 28.6 Å². The van der Waals surface area contributed by atoms with E-state index in [-0.39, 0.29) is 13.2 Å². The standard InChI is InChI=1S/C7H10O7.C6H14O4/c1-14-7(6(12)13,2-4(8)9)3-5(10)11;7-1-3-9-5-6-10-4-2-8/h2-3H2,1H3,(H,8,9)(H,10,11)(H,12,13);7-8H,1-6H2. The first kappa shape index (κ1) is 24.5. The molecule has 0 saturated heterocycles. The zero-order chi connectivity index (χ0) is 19.0. The van der Waals surface area contributed by atoms with Gasteiger partial charge in [-0.15, -0.1) is 0 Å². The van der Waals surface area contributed by atoms with Crippen molar-refractivity contribution in [3.8, 4) is 0 Å². The van der Waals surface area contributed by atoms with Crippen LogP contribution in [0.1, 0.15) is 12.8 Å². The van der Waals surface area contributed by atoms with E-state index in [1.165, 1.54) is 0 Å². The molecule has 0 radical (unpaired) electrons. The second-order valence-corrected chi connectivity index (χ2v) is 4.32. The van der Waals surface area contributed by atoms with E-state index < -0.39 is 36.4 Å². The molecule has 0 atom stereocenters. The molecule has 0 rings (SSSR count). The van der Waals surface area contributed by atoms with Crippen LogP contribution in [0.3, 0.4) is 0 Å². The van der Waals surface area contributed by atoms with Crippen LogP contribution in [0.25, 0.3) is 0 Å². The minimum atomic E-state index is -2.20. The monoisotopic (exact) mass is 356 g/mol. The zero-order valence-electron chi connectivity index (χ0n) is 13.3. The Morgan fingerprint density at radius 1 is 0.792 bits per heavy atom. The lowest BCUT2D eigenvalue weighted by molar-refractivity contribution is -0.174. The molecule has 0 amide bonds. The van der Waals surface area contributed by atoms with Crippen LogP contribution >= 0.6 is 0 Å². The minimum Gasteiger partial charge on any atom is -0.481 e. The van der Waals surface area contributed by atoms with E-state index in [9.17, 15) is 14.4 Å². The van der Waals surface area contributed by atoms with E-state index in [2.05, 4.69) is 4.74 Å². The molecule has 24 heavy (non-hydrogen) atoms. The lowest BCUT2D eigenvalue weighted by Crippen LogP contribution is -2.44. The molecule has 11 heteroatoms. The molecule has 11 nitrogen and oxygen atoms in total. The highest BCUT2D eigenvalue weighted by Gasteiger charge is 2.43. The second kappa shape index (κ2) is 14.8. The molecule has 0 unspecified atom stereocenters. The molecule has 0 heterocycles. The molecule has 142 valence electrons. The van der Waals surface area contributed by atoms with Crippen molar-refractivity contribution in [1.29, 1.82) is 0 Å². The minimum absolute atomic E-state index is 0.0417. The number of aliphatic hydroxyl groups is 2. The number of aliphatic hydroxyl groups excluding tert-OH is 2. The maximum atomic E-state index is 10.7. The Balaban J connectivity index is 0. The Labute approximate surface area is 138 Å². The summed E-state index contributed by atoms with van der Waals surface area (Å²) in [7, 11) is 0.958. The van der Waals surface area contributed by atoms with Gasteiger partial charge in [0.25, 0.3) is 0 Å². The van der Waals surface area contributed by atoms with Gasteiger partial charge in [-0.25, -0.2) is 4.79 Å². The summed E-state index contributed by atoms with van der Waals surface area (Å²) in [5, 5.41) is 42.0. The van der Waals surface area contributed by atoms with Crippen LogP contribution in [0.4, 0.5) is 0 Å². The van der Waals surface area contributed by atoms with Gasteiger partial charge in [0, 0.05) is 7.11 Å². The van der Waals surface area contributed by atoms with Gasteiger partial charge in [-0.1, -0.05) is 0 Å². The summed E-state index contributed by atoms with van der Waals surface area (Å²) >= 11 is 0. The fourth-order valence-corrected chi connectivity index (χ4v) is 1.39. The molecule has 0 aliphatic rings. The van der Waals surface area contributed by atoms with Crippen LogP contribution in [0.15, 0.2) is 0 Å². The van der Waals surface area contributed by atoms with Crippen molar-refractivity contribution in [3.63, 3.8) is 0 Å². The highest BCUT2D eigenvalue weighted by molar-refractivity contribution is 5.88. The zero-order valence-corrected chi connectivity index (χ0v) is 13.3. The van der Waals surface area contributed by atoms with E-state index >= 15 is 0 Å². The molecular formula is C13H24O11. The third-order valence-electron chi connectivity index (χ3n) is 2.50. The Kier molecular flexibility index (Phi) is 15.1. The van der Waals surface area contributed by atoms with Crippen molar-refractivity contribution in [2.45, 2.75) is 18.4 Å². The summed E-state index contributed by atoms with van der Waals surface area (Å²) in [5.41, 5.74) is -2.20. The molecule has 0 aromatic heterocycles. The van der Waals surface area contributed by atoms with Gasteiger partial charge in [-0.3, -0.25) is 9.59 Å². The van der Waals surface area contributed by atoms with Crippen molar-refractivity contribution >= 4 is 17.9 Å². The summed E-state index contributed by atoms with van der Waals surface area (Å²) in [6, 6.07) is 0. The van der Waals surface area contributed by atoms with E-state index in [1.54, 1.807) is 0 Å². The van der Waals surface area contributed by atoms with Crippen LogP contribution < -0.4 is 0 Å². The molecule has 0 saturated carbocycles. The molecule has 0 aliphatic heterocycles. The quantitative estimate of drug-likeness (QED) is 0.240. The van der Waals surface area contributed by atoms with E-state index in [1.807, 2.05) is 0 Å². The van der Waals surface area contributed by atoms with Gasteiger partial charge < -0.3 is 39.7 Å². The third-order valence-corrected chi connectivity index (χ3v) is 2.50. The first-order valence-electron chi connectivity index (χ1n) is 6.85. The smallest absolute Gasteiger partial charge is 0.337 e. The Morgan fingerprint density at radius 2 is 1.17 bits per heavy atom. The number of hydrogen-bond acceptors (Lipinski definition) is 8. The number of rotatable bonds is 13. The van der Waals surface area contributed by atoms with E-state index in [4.69, 9.17) is 35.0 Å². The number of carboxylic acid groups (broad SMARTS) is 3. The van der Waals surface area contributed by atoms with Gasteiger partial charge in [0.05, 0.1) is 52.5 Å². The highest BCUT2D eigenvalue weighted by atomic mass is 16.5. The Morgan fingerprint density at radius 3 is 1.38 bits per heavy atom. The topological polar surface area (TPSA) is 180 Å². The number of aliphatic carboxylic acids is 3. The fourth-order valence-electron chi connectivity index (χ4n) is 1.39. The van der Waals surface area contributed by atoms with Crippen molar-refractivity contribution in [3.05, 3.63) is 0 Å². The predicted molar refractivity (Wildman–Crippen MR) is 77.7 cm³/mol. The lowest BCUT2D eigenvalue weighted by Gasteiger charge is -2.23.